The number of hydrogen-bond donors (Lipinski definition) is 1. The minimum atomic E-state index is -4.26. The zero-order valence-electron chi connectivity index (χ0n) is 25.3. The summed E-state index contributed by atoms with van der Waals surface area (Å²) >= 11 is 0. The number of likely N-dealkylation sites (N-methyl/N-ethyl adjacent to an activating group) is 1. The number of aryl methyl sites for hydroxylation is 1. The van der Waals surface area contributed by atoms with Crippen LogP contribution in [0.4, 0.5) is 14.6 Å². The van der Waals surface area contributed by atoms with E-state index in [1.165, 1.54) is 6.07 Å². The Morgan fingerprint density at radius 1 is 1.20 bits per heavy atom. The van der Waals surface area contributed by atoms with E-state index in [-0.39, 0.29) is 23.5 Å². The van der Waals surface area contributed by atoms with Gasteiger partial charge >= 0.3 is 6.55 Å². The molecular weight excluding hydrogens is 592 g/mol. The molecule has 4 aromatic heterocycles. The normalized spacial score (nSPS) is 17.6. The van der Waals surface area contributed by atoms with Crippen molar-refractivity contribution in [3.8, 4) is 17.3 Å². The topological polar surface area (TPSA) is 114 Å². The number of piperidine rings is 1. The largest absolute Gasteiger partial charge is 0.482 e. The predicted molar refractivity (Wildman–Crippen MR) is 166 cm³/mol. The molecule has 1 saturated carbocycles. The Kier molecular flexibility index (Phi) is 7.99. The second kappa shape index (κ2) is 11.6. The van der Waals surface area contributed by atoms with Crippen LogP contribution in [-0.4, -0.2) is 83.8 Å². The number of aromatic nitrogens is 4. The fourth-order valence-electron chi connectivity index (χ4n) is 6.19. The number of sulfonamides is 1. The molecule has 1 N–H and O–H groups in total. The van der Waals surface area contributed by atoms with Crippen LogP contribution in [0.5, 0.6) is 5.88 Å². The molecule has 238 valence electrons. The first-order valence-electron chi connectivity index (χ1n) is 14.9. The van der Waals surface area contributed by atoms with E-state index in [0.29, 0.717) is 59.4 Å². The number of imidazole rings is 1. The molecule has 2 fully saturated rings. The van der Waals surface area contributed by atoms with Crippen LogP contribution in [0.15, 0.2) is 30.3 Å². The molecule has 5 heterocycles. The van der Waals surface area contributed by atoms with Gasteiger partial charge in [-0.15, -0.1) is 0 Å². The van der Waals surface area contributed by atoms with Gasteiger partial charge in [-0.2, -0.15) is 13.1 Å². The summed E-state index contributed by atoms with van der Waals surface area (Å²) in [6.07, 6.45) is 4.75. The van der Waals surface area contributed by atoms with Gasteiger partial charge in [0.15, 0.2) is 5.88 Å². The number of rotatable bonds is 10. The zero-order chi connectivity index (χ0) is 31.3. The lowest BCUT2D eigenvalue weighted by Crippen LogP contribution is -2.47. The van der Waals surface area contributed by atoms with Crippen molar-refractivity contribution < 1.29 is 28.2 Å². The van der Waals surface area contributed by atoms with Gasteiger partial charge in [0.2, 0.25) is 10.0 Å². The van der Waals surface area contributed by atoms with Gasteiger partial charge in [-0.1, -0.05) is 6.92 Å². The zero-order valence-corrected chi connectivity index (χ0v) is 26.1. The van der Waals surface area contributed by atoms with Crippen molar-refractivity contribution in [2.24, 2.45) is 5.92 Å². The third-order valence-corrected chi connectivity index (χ3v) is 9.51. The first-order valence-corrected chi connectivity index (χ1v) is 16.7. The number of alkyl halides is 2. The Balaban J connectivity index is 0.00000400. The molecule has 44 heavy (non-hydrogen) atoms. The quantitative estimate of drug-likeness (QED) is 0.256. The minimum absolute atomic E-state index is 0. The van der Waals surface area contributed by atoms with Gasteiger partial charge in [0.25, 0.3) is 5.91 Å². The highest BCUT2D eigenvalue weighted by atomic mass is 32.2. The van der Waals surface area contributed by atoms with Crippen LogP contribution in [-0.2, 0) is 16.6 Å². The van der Waals surface area contributed by atoms with Crippen LogP contribution >= 0.6 is 0 Å². The number of nitrogens with zero attached hydrogens (tertiary/aromatic N) is 6. The Morgan fingerprint density at radius 2 is 1.98 bits per heavy atom. The molecule has 1 atom stereocenters. The monoisotopic (exact) mass is 631 g/mol. The molecule has 1 aliphatic heterocycles. The Hall–Kier alpha value is -3.78. The summed E-state index contributed by atoms with van der Waals surface area (Å²) in [5, 5.41) is 4.12. The number of halogens is 2. The van der Waals surface area contributed by atoms with Crippen molar-refractivity contribution in [2.75, 3.05) is 37.3 Å². The van der Waals surface area contributed by atoms with Crippen LogP contribution in [0, 0.1) is 12.8 Å². The van der Waals surface area contributed by atoms with E-state index in [4.69, 9.17) is 9.72 Å². The molecule has 11 nitrogen and oxygen atoms in total. The van der Waals surface area contributed by atoms with Gasteiger partial charge in [-0.05, 0) is 69.3 Å². The van der Waals surface area contributed by atoms with Gasteiger partial charge in [0.1, 0.15) is 22.8 Å². The smallest absolute Gasteiger partial charge is 0.329 e. The van der Waals surface area contributed by atoms with E-state index in [9.17, 15) is 22.0 Å². The van der Waals surface area contributed by atoms with Gasteiger partial charge in [0.05, 0.1) is 24.8 Å². The SMILES string of the molecule is CCN[C@H]1CCCN(C(=O)c2cc(OC)n3c(C)c(-c4cc5ccc(N(C(F)F)S(C)(=O)=O)nc5n4CC4CC4)nc3c2)C1.[HH]. The number of pyridine rings is 2. The fraction of sp³-hybridized carbons (Fsp3) is 0.500. The number of carbonyl (C=O) groups is 1. The molecule has 0 unspecified atom stereocenters. The van der Waals surface area contributed by atoms with Crippen LogP contribution in [0.2, 0.25) is 0 Å². The van der Waals surface area contributed by atoms with Gasteiger partial charge in [-0.25, -0.2) is 18.4 Å². The number of fused-ring (bicyclic) bond motifs is 2. The Labute approximate surface area is 256 Å². The molecule has 0 spiro atoms. The summed E-state index contributed by atoms with van der Waals surface area (Å²) in [4.78, 5) is 24.9. The third kappa shape index (κ3) is 5.60. The molecule has 2 aliphatic rings. The number of ether oxygens (including phenoxy) is 1. The predicted octanol–water partition coefficient (Wildman–Crippen LogP) is 4.53. The molecule has 1 amide bonds. The summed E-state index contributed by atoms with van der Waals surface area (Å²) in [5.74, 6) is 0.433. The van der Waals surface area contributed by atoms with Crippen LogP contribution < -0.4 is 14.4 Å². The summed E-state index contributed by atoms with van der Waals surface area (Å²) in [5.41, 5.74) is 3.55. The highest BCUT2D eigenvalue weighted by Gasteiger charge is 2.31. The molecule has 6 rings (SSSR count). The van der Waals surface area contributed by atoms with E-state index in [1.807, 2.05) is 26.9 Å². The number of methoxy groups -OCH3 is 1. The number of amides is 1. The van der Waals surface area contributed by atoms with Crippen molar-refractivity contribution in [3.63, 3.8) is 0 Å². The lowest BCUT2D eigenvalue weighted by molar-refractivity contribution is 0.0695. The van der Waals surface area contributed by atoms with Gasteiger partial charge in [0, 0.05) is 44.1 Å². The van der Waals surface area contributed by atoms with E-state index < -0.39 is 16.6 Å². The van der Waals surface area contributed by atoms with Crippen molar-refractivity contribution in [1.29, 1.82) is 0 Å². The maximum absolute atomic E-state index is 13.8. The van der Waals surface area contributed by atoms with Crippen LogP contribution in [0.25, 0.3) is 28.1 Å². The average Bonchev–Trinajstić information content (AvgIpc) is 3.65. The number of likely N-dealkylation sites (tertiary alicyclic amines) is 1. The van der Waals surface area contributed by atoms with Crippen molar-refractivity contribution >= 4 is 38.4 Å². The van der Waals surface area contributed by atoms with Crippen molar-refractivity contribution in [2.45, 2.75) is 58.7 Å². The summed E-state index contributed by atoms with van der Waals surface area (Å²) in [6, 6.07) is 8.56. The molecule has 0 aromatic carbocycles. The highest BCUT2D eigenvalue weighted by molar-refractivity contribution is 7.92. The standard InChI is InChI=1S/C30H37F2N7O4S.H2/c1-5-33-22-7-6-12-36(17-22)29(40)21-14-25-34-27(18(2)38(25)26(15-21)43-3)23-13-20-10-11-24(39(30(31)32)44(4,41)42)35-28(20)37(23)16-19-8-9-19;/h10-11,13-15,19,22,30,33H,5-9,12,16-17H2,1-4H3;1H/t22-;/m0./s1. The number of anilines is 1. The first-order chi connectivity index (χ1) is 21.0. The van der Waals surface area contributed by atoms with Crippen molar-refractivity contribution in [1.82, 2.24) is 29.2 Å². The first kappa shape index (κ1) is 30.3. The maximum atomic E-state index is 13.8. The van der Waals surface area contributed by atoms with E-state index in [1.54, 1.807) is 25.3 Å². The fourth-order valence-corrected chi connectivity index (χ4v) is 6.92. The molecule has 4 aromatic rings. The minimum Gasteiger partial charge on any atom is -0.482 e. The van der Waals surface area contributed by atoms with E-state index in [2.05, 4.69) is 17.2 Å². The Bertz CT molecular complexity index is 1840. The molecule has 0 bridgehead atoms. The third-order valence-electron chi connectivity index (χ3n) is 8.45. The van der Waals surface area contributed by atoms with E-state index in [0.717, 1.165) is 49.9 Å². The maximum Gasteiger partial charge on any atom is 0.329 e. The van der Waals surface area contributed by atoms with Gasteiger partial charge in [-0.3, -0.25) is 9.20 Å². The lowest BCUT2D eigenvalue weighted by Gasteiger charge is -2.33. The van der Waals surface area contributed by atoms with Crippen molar-refractivity contribution in [3.05, 3.63) is 41.6 Å². The number of nitrogens with one attached hydrogen (secondary N) is 1. The van der Waals surface area contributed by atoms with E-state index >= 15 is 0 Å². The Morgan fingerprint density at radius 3 is 2.64 bits per heavy atom. The highest BCUT2D eigenvalue weighted by Crippen LogP contribution is 2.38. The lowest BCUT2D eigenvalue weighted by atomic mass is 10.0. The van der Waals surface area contributed by atoms with Crippen LogP contribution in [0.3, 0.4) is 0 Å². The second-order valence-corrected chi connectivity index (χ2v) is 13.5. The number of hydrogen-bond acceptors (Lipinski definition) is 7. The molecule has 14 heteroatoms. The average molecular weight is 632 g/mol. The summed E-state index contributed by atoms with van der Waals surface area (Å²) < 4.78 is 61.6. The second-order valence-electron chi connectivity index (χ2n) is 11.7. The summed E-state index contributed by atoms with van der Waals surface area (Å²) in [6.45, 7) is 3.45. The molecule has 1 saturated heterocycles. The number of carbonyl (C=O) groups excluding carboxylic acids is 1. The van der Waals surface area contributed by atoms with Crippen LogP contribution in [0.1, 0.15) is 50.1 Å². The molecule has 1 aliphatic carbocycles. The molecule has 0 radical (unpaired) electrons. The van der Waals surface area contributed by atoms with Gasteiger partial charge < -0.3 is 19.5 Å². The summed E-state index contributed by atoms with van der Waals surface area (Å²) in [7, 11) is -2.71. The molecular formula is C30H39F2N7O4S.